The van der Waals surface area contributed by atoms with Crippen LogP contribution in [0.15, 0.2) is 23.3 Å². The Labute approximate surface area is 72.6 Å². The summed E-state index contributed by atoms with van der Waals surface area (Å²) in [5.41, 5.74) is 1.19. The van der Waals surface area contributed by atoms with Crippen LogP contribution in [0.3, 0.4) is 0 Å². The van der Waals surface area contributed by atoms with Crippen LogP contribution in [0.25, 0.3) is 0 Å². The van der Waals surface area contributed by atoms with E-state index in [9.17, 15) is 4.79 Å². The minimum absolute atomic E-state index is 0.256. The Morgan fingerprint density at radius 2 is 2.00 bits per heavy atom. The number of carbonyl (C=O) groups is 1. The number of carboxylic acid groups (broad SMARTS) is 1. The van der Waals surface area contributed by atoms with Crippen LogP contribution in [0.4, 0.5) is 0 Å². The fraction of sp³-hybridized carbons (Fsp3) is 0.300. The van der Waals surface area contributed by atoms with E-state index in [0.717, 1.165) is 5.57 Å². The highest BCUT2D eigenvalue weighted by atomic mass is 16.4. The minimum Gasteiger partial charge on any atom is -0.478 e. The summed E-state index contributed by atoms with van der Waals surface area (Å²) in [5.74, 6) is 4.52. The van der Waals surface area contributed by atoms with Crippen molar-refractivity contribution in [3.05, 3.63) is 23.3 Å². The molecule has 0 aliphatic rings. The molecule has 0 fully saturated rings. The van der Waals surface area contributed by atoms with Crippen LogP contribution in [0.2, 0.25) is 0 Å². The number of carboxylic acids is 1. The molecule has 0 saturated carbocycles. The van der Waals surface area contributed by atoms with E-state index in [2.05, 4.69) is 11.8 Å². The van der Waals surface area contributed by atoms with E-state index in [1.54, 1.807) is 0 Å². The summed E-state index contributed by atoms with van der Waals surface area (Å²) >= 11 is 0. The molecule has 0 unspecified atom stereocenters. The van der Waals surface area contributed by atoms with Gasteiger partial charge in [0.2, 0.25) is 0 Å². The lowest BCUT2D eigenvalue weighted by Gasteiger charge is -1.85. The van der Waals surface area contributed by atoms with E-state index < -0.39 is 5.97 Å². The van der Waals surface area contributed by atoms with Crippen molar-refractivity contribution in [3.8, 4) is 11.8 Å². The van der Waals surface area contributed by atoms with E-state index in [4.69, 9.17) is 5.11 Å². The summed E-state index contributed by atoms with van der Waals surface area (Å²) in [6.45, 7) is 5.27. The Morgan fingerprint density at radius 1 is 1.42 bits per heavy atom. The maximum absolute atomic E-state index is 10.3. The Morgan fingerprint density at radius 3 is 2.42 bits per heavy atom. The zero-order chi connectivity index (χ0) is 9.56. The molecule has 12 heavy (non-hydrogen) atoms. The molecule has 2 nitrogen and oxygen atoms in total. The average molecular weight is 164 g/mol. The second-order valence-electron chi connectivity index (χ2n) is 2.37. The van der Waals surface area contributed by atoms with Gasteiger partial charge in [-0.25, -0.2) is 4.79 Å². The molecule has 0 bridgehead atoms. The van der Waals surface area contributed by atoms with Crippen molar-refractivity contribution >= 4 is 5.97 Å². The van der Waals surface area contributed by atoms with Crippen LogP contribution >= 0.6 is 0 Å². The molecule has 0 aromatic rings. The van der Waals surface area contributed by atoms with Gasteiger partial charge in [-0.2, -0.15) is 0 Å². The zero-order valence-corrected chi connectivity index (χ0v) is 7.51. The van der Waals surface area contributed by atoms with E-state index in [-0.39, 0.29) is 5.57 Å². The molecule has 0 amide bonds. The highest BCUT2D eigenvalue weighted by molar-refractivity contribution is 5.86. The van der Waals surface area contributed by atoms with Gasteiger partial charge >= 0.3 is 5.97 Å². The molecule has 0 radical (unpaired) electrons. The van der Waals surface area contributed by atoms with Gasteiger partial charge in [0, 0.05) is 5.57 Å². The molecule has 0 saturated heterocycles. The number of aliphatic carboxylic acids is 1. The average Bonchev–Trinajstić information content (AvgIpc) is 2.03. The Balaban J connectivity index is 4.37. The quantitative estimate of drug-likeness (QED) is 0.475. The lowest BCUT2D eigenvalue weighted by Crippen LogP contribution is -1.94. The van der Waals surface area contributed by atoms with Gasteiger partial charge in [-0.15, -0.1) is 0 Å². The van der Waals surface area contributed by atoms with Crippen molar-refractivity contribution < 1.29 is 9.90 Å². The summed E-state index contributed by atoms with van der Waals surface area (Å²) in [6, 6.07) is 0. The topological polar surface area (TPSA) is 37.3 Å². The smallest absolute Gasteiger partial charge is 0.331 e. The molecule has 0 aliphatic heterocycles. The molecule has 0 spiro atoms. The largest absolute Gasteiger partial charge is 0.478 e. The molecule has 0 aliphatic carbocycles. The van der Waals surface area contributed by atoms with Gasteiger partial charge in [0.25, 0.3) is 0 Å². The summed E-state index contributed by atoms with van der Waals surface area (Å²) in [5, 5.41) is 8.45. The Hall–Kier alpha value is -1.49. The first-order valence-electron chi connectivity index (χ1n) is 3.62. The first-order valence-corrected chi connectivity index (χ1v) is 3.62. The maximum atomic E-state index is 10.3. The van der Waals surface area contributed by atoms with Crippen LogP contribution in [0.1, 0.15) is 20.8 Å². The van der Waals surface area contributed by atoms with Gasteiger partial charge in [0.15, 0.2) is 0 Å². The van der Waals surface area contributed by atoms with Crippen molar-refractivity contribution in [2.24, 2.45) is 0 Å². The Bertz CT molecular complexity index is 285. The summed E-state index contributed by atoms with van der Waals surface area (Å²) < 4.78 is 0. The summed E-state index contributed by atoms with van der Waals surface area (Å²) in [4.78, 5) is 10.3. The van der Waals surface area contributed by atoms with E-state index in [1.165, 1.54) is 13.0 Å². The van der Waals surface area contributed by atoms with Gasteiger partial charge in [-0.1, -0.05) is 17.9 Å². The summed E-state index contributed by atoms with van der Waals surface area (Å²) in [6.07, 6.45) is 3.27. The van der Waals surface area contributed by atoms with Crippen molar-refractivity contribution in [2.45, 2.75) is 20.8 Å². The van der Waals surface area contributed by atoms with Gasteiger partial charge in [0.1, 0.15) is 0 Å². The standard InChI is InChI=1S/C10H12O2/c1-4-8(2)6-5-7-9(3)10(11)12/h4,7H,1-3H3,(H,11,12)/b8-4-,9-7-. The van der Waals surface area contributed by atoms with E-state index >= 15 is 0 Å². The second kappa shape index (κ2) is 5.20. The predicted molar refractivity (Wildman–Crippen MR) is 48.6 cm³/mol. The molecule has 0 atom stereocenters. The van der Waals surface area contributed by atoms with Crippen molar-refractivity contribution in [2.75, 3.05) is 0 Å². The van der Waals surface area contributed by atoms with Gasteiger partial charge in [-0.05, 0) is 32.4 Å². The van der Waals surface area contributed by atoms with Crippen molar-refractivity contribution in [1.29, 1.82) is 0 Å². The van der Waals surface area contributed by atoms with Crippen LogP contribution in [-0.2, 0) is 4.79 Å². The van der Waals surface area contributed by atoms with E-state index in [1.807, 2.05) is 19.9 Å². The summed E-state index contributed by atoms with van der Waals surface area (Å²) in [7, 11) is 0. The first kappa shape index (κ1) is 10.5. The van der Waals surface area contributed by atoms with Crippen molar-refractivity contribution in [1.82, 2.24) is 0 Å². The highest BCUT2D eigenvalue weighted by Crippen LogP contribution is 1.91. The molecule has 0 heterocycles. The highest BCUT2D eigenvalue weighted by Gasteiger charge is 1.95. The number of rotatable bonds is 1. The first-order chi connectivity index (χ1) is 5.57. The fourth-order valence-electron chi connectivity index (χ4n) is 0.392. The van der Waals surface area contributed by atoms with Crippen LogP contribution in [0.5, 0.6) is 0 Å². The third-order valence-electron chi connectivity index (χ3n) is 1.33. The third kappa shape index (κ3) is 4.35. The third-order valence-corrected chi connectivity index (χ3v) is 1.33. The second-order valence-corrected chi connectivity index (χ2v) is 2.37. The number of hydrogen-bond acceptors (Lipinski definition) is 1. The Kier molecular flexibility index (Phi) is 4.55. The lowest BCUT2D eigenvalue weighted by atomic mass is 10.2. The van der Waals surface area contributed by atoms with Crippen molar-refractivity contribution in [3.63, 3.8) is 0 Å². The minimum atomic E-state index is -0.928. The SMILES string of the molecule is C/C=C(/C)C#C/C=C(/C)C(=O)O. The molecule has 64 valence electrons. The molecular formula is C10H12O2. The predicted octanol–water partition coefficient (Wildman–Crippen LogP) is 1.99. The van der Waals surface area contributed by atoms with E-state index in [0.29, 0.717) is 0 Å². The van der Waals surface area contributed by atoms with Crippen LogP contribution in [-0.4, -0.2) is 11.1 Å². The van der Waals surface area contributed by atoms with Gasteiger partial charge < -0.3 is 5.11 Å². The molecule has 1 N–H and O–H groups in total. The fourth-order valence-corrected chi connectivity index (χ4v) is 0.392. The number of hydrogen-bond donors (Lipinski definition) is 1. The monoisotopic (exact) mass is 164 g/mol. The molecule has 0 rings (SSSR count). The van der Waals surface area contributed by atoms with Crippen LogP contribution < -0.4 is 0 Å². The molecule has 0 aromatic carbocycles. The normalized spacial score (nSPS) is 11.9. The molecule has 0 aromatic heterocycles. The molecule has 2 heteroatoms. The zero-order valence-electron chi connectivity index (χ0n) is 7.51. The molecular weight excluding hydrogens is 152 g/mol. The van der Waals surface area contributed by atoms with Gasteiger partial charge in [-0.3, -0.25) is 0 Å². The van der Waals surface area contributed by atoms with Gasteiger partial charge in [0.05, 0.1) is 0 Å². The maximum Gasteiger partial charge on any atom is 0.331 e. The van der Waals surface area contributed by atoms with Crippen LogP contribution in [0, 0.1) is 11.8 Å². The lowest BCUT2D eigenvalue weighted by molar-refractivity contribution is -0.132. The number of allylic oxidation sites excluding steroid dienone is 3.